The Hall–Kier alpha value is -1.89. The highest BCUT2D eigenvalue weighted by Crippen LogP contribution is 2.03. The number of fused-ring (bicyclic) bond motifs is 1. The number of H-pyrrole nitrogens is 1. The standard InChI is InChI=1S/C9H13N5O2/c1-6(16-2)5-10-7-3-4-8-11-12-9(15)14(8)13-7/h3-4,6H,5H2,1-2H3,(H,10,13)(H,12,15). The van der Waals surface area contributed by atoms with Gasteiger partial charge in [-0.3, -0.25) is 0 Å². The van der Waals surface area contributed by atoms with Crippen LogP contribution in [0.1, 0.15) is 6.92 Å². The van der Waals surface area contributed by atoms with Crippen molar-refractivity contribution in [2.75, 3.05) is 19.0 Å². The summed E-state index contributed by atoms with van der Waals surface area (Å²) in [5.74, 6) is 0.611. The van der Waals surface area contributed by atoms with E-state index in [1.54, 1.807) is 19.2 Å². The average Bonchev–Trinajstić information content (AvgIpc) is 2.68. The lowest BCUT2D eigenvalue weighted by Gasteiger charge is -2.10. The molecule has 1 unspecified atom stereocenters. The monoisotopic (exact) mass is 223 g/mol. The molecule has 0 aliphatic carbocycles. The first-order chi connectivity index (χ1) is 7.70. The van der Waals surface area contributed by atoms with Crippen LogP contribution in [0, 0.1) is 0 Å². The van der Waals surface area contributed by atoms with Crippen molar-refractivity contribution >= 4 is 11.5 Å². The quantitative estimate of drug-likeness (QED) is 0.754. The van der Waals surface area contributed by atoms with Crippen LogP contribution in [-0.4, -0.2) is 39.6 Å². The summed E-state index contributed by atoms with van der Waals surface area (Å²) in [7, 11) is 1.64. The summed E-state index contributed by atoms with van der Waals surface area (Å²) in [4.78, 5) is 11.3. The van der Waals surface area contributed by atoms with Crippen LogP contribution in [0.4, 0.5) is 5.82 Å². The van der Waals surface area contributed by atoms with Crippen molar-refractivity contribution in [3.63, 3.8) is 0 Å². The average molecular weight is 223 g/mol. The highest BCUT2D eigenvalue weighted by Gasteiger charge is 2.03. The van der Waals surface area contributed by atoms with Crippen molar-refractivity contribution in [1.29, 1.82) is 0 Å². The molecule has 0 fully saturated rings. The number of aromatic amines is 1. The summed E-state index contributed by atoms with van der Waals surface area (Å²) in [6, 6.07) is 3.47. The van der Waals surface area contributed by atoms with Gasteiger partial charge in [-0.05, 0) is 19.1 Å². The molecule has 0 amide bonds. The number of nitrogens with one attached hydrogen (secondary N) is 2. The Morgan fingerprint density at radius 3 is 3.19 bits per heavy atom. The van der Waals surface area contributed by atoms with E-state index < -0.39 is 0 Å². The molecule has 86 valence electrons. The molecule has 0 saturated carbocycles. The van der Waals surface area contributed by atoms with Crippen LogP contribution in [0.5, 0.6) is 0 Å². The molecule has 2 heterocycles. The maximum absolute atomic E-state index is 11.3. The molecule has 2 aromatic heterocycles. The van der Waals surface area contributed by atoms with Crippen LogP contribution in [0.3, 0.4) is 0 Å². The maximum atomic E-state index is 11.3. The number of anilines is 1. The molecule has 0 aromatic carbocycles. The van der Waals surface area contributed by atoms with Gasteiger partial charge in [0.05, 0.1) is 6.10 Å². The van der Waals surface area contributed by atoms with Crippen molar-refractivity contribution < 1.29 is 4.74 Å². The number of rotatable bonds is 4. The number of hydrogen-bond acceptors (Lipinski definition) is 5. The van der Waals surface area contributed by atoms with E-state index in [9.17, 15) is 4.79 Å². The topological polar surface area (TPSA) is 84.3 Å². The number of hydrogen-bond donors (Lipinski definition) is 2. The fourth-order valence-electron chi connectivity index (χ4n) is 1.23. The van der Waals surface area contributed by atoms with Crippen molar-refractivity contribution in [1.82, 2.24) is 19.8 Å². The van der Waals surface area contributed by atoms with Gasteiger partial charge >= 0.3 is 5.69 Å². The third kappa shape index (κ3) is 2.03. The Kier molecular flexibility index (Phi) is 2.86. The van der Waals surface area contributed by atoms with E-state index in [2.05, 4.69) is 20.6 Å². The van der Waals surface area contributed by atoms with Crippen molar-refractivity contribution in [3.05, 3.63) is 22.6 Å². The van der Waals surface area contributed by atoms with Crippen molar-refractivity contribution in [2.24, 2.45) is 0 Å². The first-order valence-corrected chi connectivity index (χ1v) is 4.92. The largest absolute Gasteiger partial charge is 0.380 e. The Labute approximate surface area is 91.4 Å². The predicted molar refractivity (Wildman–Crippen MR) is 58.6 cm³/mol. The fraction of sp³-hybridized carbons (Fsp3) is 0.444. The van der Waals surface area contributed by atoms with Crippen molar-refractivity contribution in [2.45, 2.75) is 13.0 Å². The SMILES string of the molecule is COC(C)CNc1ccc2n[nH]c(=O)n2n1. The minimum atomic E-state index is -0.349. The third-order valence-electron chi connectivity index (χ3n) is 2.25. The maximum Gasteiger partial charge on any atom is 0.364 e. The molecule has 0 bridgehead atoms. The van der Waals surface area contributed by atoms with E-state index in [1.165, 1.54) is 4.52 Å². The molecule has 0 radical (unpaired) electrons. The zero-order chi connectivity index (χ0) is 11.5. The highest BCUT2D eigenvalue weighted by molar-refractivity contribution is 5.42. The summed E-state index contributed by atoms with van der Waals surface area (Å²) in [6.45, 7) is 2.57. The lowest BCUT2D eigenvalue weighted by molar-refractivity contribution is 0.128. The molecule has 0 spiro atoms. The smallest absolute Gasteiger partial charge is 0.364 e. The summed E-state index contributed by atoms with van der Waals surface area (Å²) < 4.78 is 6.30. The van der Waals surface area contributed by atoms with E-state index in [-0.39, 0.29) is 11.8 Å². The molecule has 2 rings (SSSR count). The van der Waals surface area contributed by atoms with Gasteiger partial charge in [-0.15, -0.1) is 5.10 Å². The zero-order valence-electron chi connectivity index (χ0n) is 9.10. The van der Waals surface area contributed by atoms with E-state index in [4.69, 9.17) is 4.74 Å². The first-order valence-electron chi connectivity index (χ1n) is 4.92. The molecule has 2 N–H and O–H groups in total. The second-order valence-corrected chi connectivity index (χ2v) is 3.44. The summed E-state index contributed by atoms with van der Waals surface area (Å²) in [5.41, 5.74) is 0.147. The molecule has 1 atom stereocenters. The number of aromatic nitrogens is 4. The lowest BCUT2D eigenvalue weighted by atomic mass is 10.4. The minimum absolute atomic E-state index is 0.0820. The van der Waals surface area contributed by atoms with Gasteiger partial charge in [0.25, 0.3) is 0 Å². The second kappa shape index (κ2) is 4.31. The predicted octanol–water partition coefficient (Wildman–Crippen LogP) is -0.136. The molecular weight excluding hydrogens is 210 g/mol. The van der Waals surface area contributed by atoms with Crippen LogP contribution in [-0.2, 0) is 4.74 Å². The molecular formula is C9H13N5O2. The van der Waals surface area contributed by atoms with Gasteiger partial charge in [0.1, 0.15) is 5.82 Å². The van der Waals surface area contributed by atoms with Gasteiger partial charge in [-0.25, -0.2) is 9.89 Å². The van der Waals surface area contributed by atoms with Crippen LogP contribution < -0.4 is 11.0 Å². The zero-order valence-corrected chi connectivity index (χ0v) is 9.10. The first kappa shape index (κ1) is 10.6. The molecule has 7 nitrogen and oxygen atoms in total. The molecule has 0 aliphatic heterocycles. The second-order valence-electron chi connectivity index (χ2n) is 3.44. The fourth-order valence-corrected chi connectivity index (χ4v) is 1.23. The van der Waals surface area contributed by atoms with Crippen LogP contribution >= 0.6 is 0 Å². The van der Waals surface area contributed by atoms with E-state index >= 15 is 0 Å². The molecule has 7 heteroatoms. The molecule has 16 heavy (non-hydrogen) atoms. The van der Waals surface area contributed by atoms with E-state index in [0.717, 1.165) is 0 Å². The Bertz CT molecular complexity index is 532. The normalized spacial score (nSPS) is 12.9. The number of ether oxygens (including phenoxy) is 1. The third-order valence-corrected chi connectivity index (χ3v) is 2.25. The van der Waals surface area contributed by atoms with Crippen molar-refractivity contribution in [3.8, 4) is 0 Å². The van der Waals surface area contributed by atoms with Crippen LogP contribution in [0.25, 0.3) is 5.65 Å². The molecule has 2 aromatic rings. The van der Waals surface area contributed by atoms with Gasteiger partial charge in [0, 0.05) is 13.7 Å². The Balaban J connectivity index is 2.19. The van der Waals surface area contributed by atoms with Gasteiger partial charge in [-0.1, -0.05) is 0 Å². The van der Waals surface area contributed by atoms with Gasteiger partial charge < -0.3 is 10.1 Å². The van der Waals surface area contributed by atoms with Gasteiger partial charge in [0.2, 0.25) is 0 Å². The van der Waals surface area contributed by atoms with E-state index in [0.29, 0.717) is 18.0 Å². The van der Waals surface area contributed by atoms with E-state index in [1.807, 2.05) is 6.92 Å². The molecule has 0 saturated heterocycles. The number of nitrogens with zero attached hydrogens (tertiary/aromatic N) is 3. The molecule has 0 aliphatic rings. The van der Waals surface area contributed by atoms with Gasteiger partial charge in [0.15, 0.2) is 5.65 Å². The lowest BCUT2D eigenvalue weighted by Crippen LogP contribution is -2.20. The van der Waals surface area contributed by atoms with Crippen LogP contribution in [0.15, 0.2) is 16.9 Å². The summed E-state index contributed by atoms with van der Waals surface area (Å²) >= 11 is 0. The Morgan fingerprint density at radius 2 is 2.44 bits per heavy atom. The highest BCUT2D eigenvalue weighted by atomic mass is 16.5. The Morgan fingerprint density at radius 1 is 1.62 bits per heavy atom. The number of methoxy groups -OCH3 is 1. The van der Waals surface area contributed by atoms with Crippen LogP contribution in [0.2, 0.25) is 0 Å². The summed E-state index contributed by atoms with van der Waals surface area (Å²) in [6.07, 6.45) is 0.0820. The summed E-state index contributed by atoms with van der Waals surface area (Å²) in [5, 5.41) is 13.3. The van der Waals surface area contributed by atoms with Gasteiger partial charge in [-0.2, -0.15) is 9.61 Å². The minimum Gasteiger partial charge on any atom is -0.380 e.